The largest absolute Gasteiger partial charge is 0.381 e. The summed E-state index contributed by atoms with van der Waals surface area (Å²) in [6.07, 6.45) is 5.11. The molecule has 17 heavy (non-hydrogen) atoms. The molecule has 0 aliphatic carbocycles. The highest BCUT2D eigenvalue weighted by molar-refractivity contribution is 9.10. The Morgan fingerprint density at radius 3 is 2.94 bits per heavy atom. The molecule has 0 spiro atoms. The number of nitrogens with zero attached hydrogens (tertiary/aromatic N) is 3. The van der Waals surface area contributed by atoms with Gasteiger partial charge in [-0.3, -0.25) is 4.98 Å². The van der Waals surface area contributed by atoms with Gasteiger partial charge in [-0.05, 0) is 34.5 Å². The standard InChI is InChI=1S/C11H12BrN5/c1-7(8-3-2-4-14-5-8)16-11-10(13)15-6-9(12)17-11/h2-7H,1H3,(H2,13,15)(H,16,17)/t7-/m0/s1. The number of aromatic nitrogens is 3. The average molecular weight is 294 g/mol. The minimum absolute atomic E-state index is 0.0644. The molecule has 2 aromatic heterocycles. The molecule has 6 heteroatoms. The first-order valence-corrected chi connectivity index (χ1v) is 5.90. The van der Waals surface area contributed by atoms with Crippen molar-refractivity contribution in [3.05, 3.63) is 40.9 Å². The van der Waals surface area contributed by atoms with Gasteiger partial charge in [0, 0.05) is 12.4 Å². The van der Waals surface area contributed by atoms with Crippen molar-refractivity contribution in [1.82, 2.24) is 15.0 Å². The Morgan fingerprint density at radius 2 is 2.24 bits per heavy atom. The Balaban J connectivity index is 2.18. The monoisotopic (exact) mass is 293 g/mol. The van der Waals surface area contributed by atoms with E-state index in [-0.39, 0.29) is 6.04 Å². The van der Waals surface area contributed by atoms with Gasteiger partial charge in [-0.1, -0.05) is 6.07 Å². The highest BCUT2D eigenvalue weighted by atomic mass is 79.9. The summed E-state index contributed by atoms with van der Waals surface area (Å²) in [6.45, 7) is 2.01. The van der Waals surface area contributed by atoms with Crippen molar-refractivity contribution in [2.24, 2.45) is 0 Å². The van der Waals surface area contributed by atoms with Crippen LogP contribution in [0.3, 0.4) is 0 Å². The van der Waals surface area contributed by atoms with Gasteiger partial charge in [0.05, 0.1) is 12.2 Å². The lowest BCUT2D eigenvalue weighted by molar-refractivity contribution is 0.863. The maximum atomic E-state index is 5.74. The fourth-order valence-corrected chi connectivity index (χ4v) is 1.68. The topological polar surface area (TPSA) is 76.7 Å². The second-order valence-electron chi connectivity index (χ2n) is 3.58. The van der Waals surface area contributed by atoms with Crippen LogP contribution in [0.2, 0.25) is 0 Å². The number of nitrogens with two attached hydrogens (primary N) is 1. The quantitative estimate of drug-likeness (QED) is 0.909. The van der Waals surface area contributed by atoms with Crippen LogP contribution in [0.15, 0.2) is 35.3 Å². The van der Waals surface area contributed by atoms with Crippen molar-refractivity contribution in [2.75, 3.05) is 11.1 Å². The van der Waals surface area contributed by atoms with Crippen LogP contribution >= 0.6 is 15.9 Å². The second-order valence-corrected chi connectivity index (χ2v) is 4.39. The molecule has 3 N–H and O–H groups in total. The van der Waals surface area contributed by atoms with E-state index in [1.807, 2.05) is 19.1 Å². The summed E-state index contributed by atoms with van der Waals surface area (Å²) >= 11 is 3.26. The Labute approximate surface area is 108 Å². The molecule has 0 saturated heterocycles. The first-order chi connectivity index (χ1) is 8.16. The summed E-state index contributed by atoms with van der Waals surface area (Å²) in [5.41, 5.74) is 6.81. The summed E-state index contributed by atoms with van der Waals surface area (Å²) < 4.78 is 0.646. The number of nitrogens with one attached hydrogen (secondary N) is 1. The molecule has 0 aliphatic heterocycles. The van der Waals surface area contributed by atoms with Gasteiger partial charge in [0.15, 0.2) is 11.6 Å². The number of rotatable bonds is 3. The molecular formula is C11H12BrN5. The molecule has 0 radical (unpaired) electrons. The summed E-state index contributed by atoms with van der Waals surface area (Å²) in [4.78, 5) is 12.3. The summed E-state index contributed by atoms with van der Waals surface area (Å²) in [7, 11) is 0. The number of halogens is 1. The molecular weight excluding hydrogens is 282 g/mol. The number of nitrogen functional groups attached to an aromatic ring is 1. The first kappa shape index (κ1) is 11.8. The molecule has 0 bridgehead atoms. The highest BCUT2D eigenvalue weighted by Gasteiger charge is 2.09. The number of anilines is 2. The number of hydrogen-bond donors (Lipinski definition) is 2. The van der Waals surface area contributed by atoms with Gasteiger partial charge in [0.2, 0.25) is 0 Å². The van der Waals surface area contributed by atoms with E-state index in [4.69, 9.17) is 5.73 Å². The minimum atomic E-state index is 0.0644. The maximum absolute atomic E-state index is 5.74. The molecule has 1 atom stereocenters. The van der Waals surface area contributed by atoms with E-state index in [9.17, 15) is 0 Å². The molecule has 0 fully saturated rings. The van der Waals surface area contributed by atoms with Crippen molar-refractivity contribution in [3.8, 4) is 0 Å². The first-order valence-electron chi connectivity index (χ1n) is 5.11. The Morgan fingerprint density at radius 1 is 1.41 bits per heavy atom. The van der Waals surface area contributed by atoms with Crippen molar-refractivity contribution >= 4 is 27.6 Å². The third-order valence-corrected chi connectivity index (χ3v) is 2.69. The fourth-order valence-electron chi connectivity index (χ4n) is 1.40. The third kappa shape index (κ3) is 2.91. The van der Waals surface area contributed by atoms with E-state index in [2.05, 4.69) is 36.2 Å². The Hall–Kier alpha value is -1.69. The molecule has 2 heterocycles. The van der Waals surface area contributed by atoms with Crippen LogP contribution in [0.5, 0.6) is 0 Å². The van der Waals surface area contributed by atoms with Crippen LogP contribution in [-0.2, 0) is 0 Å². The molecule has 2 rings (SSSR count). The van der Waals surface area contributed by atoms with E-state index in [0.717, 1.165) is 5.56 Å². The third-order valence-electron chi connectivity index (χ3n) is 2.31. The van der Waals surface area contributed by atoms with Gasteiger partial charge in [-0.15, -0.1) is 0 Å². The lowest BCUT2D eigenvalue weighted by Gasteiger charge is -2.15. The number of hydrogen-bond acceptors (Lipinski definition) is 5. The smallest absolute Gasteiger partial charge is 0.170 e. The van der Waals surface area contributed by atoms with Gasteiger partial charge in [-0.25, -0.2) is 9.97 Å². The van der Waals surface area contributed by atoms with Gasteiger partial charge < -0.3 is 11.1 Å². The molecule has 0 unspecified atom stereocenters. The van der Waals surface area contributed by atoms with E-state index >= 15 is 0 Å². The van der Waals surface area contributed by atoms with Crippen LogP contribution in [0, 0.1) is 0 Å². The molecule has 2 aromatic rings. The maximum Gasteiger partial charge on any atom is 0.170 e. The van der Waals surface area contributed by atoms with Crippen molar-refractivity contribution < 1.29 is 0 Å². The molecule has 5 nitrogen and oxygen atoms in total. The lowest BCUT2D eigenvalue weighted by Crippen LogP contribution is -2.11. The van der Waals surface area contributed by atoms with E-state index in [1.165, 1.54) is 0 Å². The van der Waals surface area contributed by atoms with E-state index in [0.29, 0.717) is 16.2 Å². The summed E-state index contributed by atoms with van der Waals surface area (Å²) in [6, 6.07) is 3.95. The van der Waals surface area contributed by atoms with Crippen molar-refractivity contribution in [3.63, 3.8) is 0 Å². The van der Waals surface area contributed by atoms with Crippen molar-refractivity contribution in [1.29, 1.82) is 0 Å². The summed E-state index contributed by atoms with van der Waals surface area (Å²) in [5.74, 6) is 0.944. The van der Waals surface area contributed by atoms with Crippen LogP contribution in [0.1, 0.15) is 18.5 Å². The Bertz CT molecular complexity index is 502. The zero-order valence-electron chi connectivity index (χ0n) is 9.26. The highest BCUT2D eigenvalue weighted by Crippen LogP contribution is 2.21. The fraction of sp³-hybridized carbons (Fsp3) is 0.182. The second kappa shape index (κ2) is 5.09. The van der Waals surface area contributed by atoms with Gasteiger partial charge in [0.1, 0.15) is 4.60 Å². The van der Waals surface area contributed by atoms with Gasteiger partial charge in [-0.2, -0.15) is 0 Å². The zero-order valence-corrected chi connectivity index (χ0v) is 10.8. The van der Waals surface area contributed by atoms with Gasteiger partial charge >= 0.3 is 0 Å². The summed E-state index contributed by atoms with van der Waals surface area (Å²) in [5, 5.41) is 3.20. The Kier molecular flexibility index (Phi) is 3.53. The molecule has 0 aromatic carbocycles. The lowest BCUT2D eigenvalue weighted by atomic mass is 10.1. The van der Waals surface area contributed by atoms with Crippen LogP contribution in [-0.4, -0.2) is 15.0 Å². The predicted molar refractivity (Wildman–Crippen MR) is 70.4 cm³/mol. The zero-order chi connectivity index (χ0) is 12.3. The van der Waals surface area contributed by atoms with Crippen LogP contribution < -0.4 is 11.1 Å². The molecule has 0 saturated carbocycles. The SMILES string of the molecule is C[C@H](Nc1nc(Br)cnc1N)c1cccnc1. The van der Waals surface area contributed by atoms with Crippen molar-refractivity contribution in [2.45, 2.75) is 13.0 Å². The predicted octanol–water partition coefficient (Wildman–Crippen LogP) is 2.39. The minimum Gasteiger partial charge on any atom is -0.381 e. The van der Waals surface area contributed by atoms with Gasteiger partial charge in [0.25, 0.3) is 0 Å². The average Bonchev–Trinajstić information content (AvgIpc) is 2.35. The van der Waals surface area contributed by atoms with Crippen LogP contribution in [0.4, 0.5) is 11.6 Å². The van der Waals surface area contributed by atoms with E-state index < -0.39 is 0 Å². The van der Waals surface area contributed by atoms with E-state index in [1.54, 1.807) is 18.6 Å². The van der Waals surface area contributed by atoms with Crippen LogP contribution in [0.25, 0.3) is 0 Å². The number of pyridine rings is 1. The normalized spacial score (nSPS) is 12.1. The molecule has 88 valence electrons. The molecule has 0 amide bonds. The molecule has 0 aliphatic rings.